The second-order valence-corrected chi connectivity index (χ2v) is 1.98. The van der Waals surface area contributed by atoms with Crippen molar-refractivity contribution >= 4 is 6.09 Å². The van der Waals surface area contributed by atoms with Crippen molar-refractivity contribution in [2.24, 2.45) is 0 Å². The second kappa shape index (κ2) is 5.09. The summed E-state index contributed by atoms with van der Waals surface area (Å²) in [6.45, 7) is 5.46. The smallest absolute Gasteiger partial charge is 0.407 e. The number of carboxylic acid groups (broad SMARTS) is 1. The maximum atomic E-state index is 10.1. The summed E-state index contributed by atoms with van der Waals surface area (Å²) in [4.78, 5) is 11.6. The van der Waals surface area contributed by atoms with Crippen LogP contribution in [0.2, 0.25) is 0 Å². The first-order valence-electron chi connectivity index (χ1n) is 3.78. The second-order valence-electron chi connectivity index (χ2n) is 1.98. The van der Waals surface area contributed by atoms with Crippen LogP contribution in [0, 0.1) is 0 Å². The molecule has 0 spiro atoms. The number of rotatable bonds is 0. The summed E-state index contributed by atoms with van der Waals surface area (Å²) in [6.07, 6.45) is 1.29. The van der Waals surface area contributed by atoms with Crippen molar-refractivity contribution in [1.82, 2.24) is 4.90 Å². The molecule has 0 aromatic carbocycles. The minimum atomic E-state index is -0.775. The summed E-state index contributed by atoms with van der Waals surface area (Å²) in [5.74, 6) is 0. The third-order valence-electron chi connectivity index (χ3n) is 1.38. The lowest BCUT2D eigenvalue weighted by Crippen LogP contribution is -2.25. The van der Waals surface area contributed by atoms with Gasteiger partial charge in [-0.25, -0.2) is 4.79 Å². The Kier molecular flexibility index (Phi) is 4.72. The molecule has 3 heteroatoms. The highest BCUT2D eigenvalue weighted by atomic mass is 16.4. The van der Waals surface area contributed by atoms with Gasteiger partial charge >= 0.3 is 6.09 Å². The molecule has 3 nitrogen and oxygen atoms in total. The van der Waals surface area contributed by atoms with Crippen LogP contribution in [0.4, 0.5) is 4.79 Å². The van der Waals surface area contributed by atoms with E-state index in [4.69, 9.17) is 5.11 Å². The summed E-state index contributed by atoms with van der Waals surface area (Å²) >= 11 is 0. The lowest BCUT2D eigenvalue weighted by atomic mass is 10.4. The Morgan fingerprint density at radius 1 is 1.30 bits per heavy atom. The molecule has 1 saturated heterocycles. The lowest BCUT2D eigenvalue weighted by molar-refractivity contribution is 0.156. The van der Waals surface area contributed by atoms with Crippen molar-refractivity contribution in [3.8, 4) is 0 Å². The summed E-state index contributed by atoms with van der Waals surface area (Å²) < 4.78 is 0. The molecule has 1 amide bonds. The van der Waals surface area contributed by atoms with Crippen molar-refractivity contribution in [3.05, 3.63) is 0 Å². The van der Waals surface area contributed by atoms with Gasteiger partial charge in [-0.3, -0.25) is 0 Å². The highest BCUT2D eigenvalue weighted by Gasteiger charge is 2.15. The molecular formula is C7H15NO2. The number of hydrogen-bond acceptors (Lipinski definition) is 1. The zero-order valence-corrected chi connectivity index (χ0v) is 6.63. The van der Waals surface area contributed by atoms with Crippen LogP contribution in [0.15, 0.2) is 0 Å². The van der Waals surface area contributed by atoms with E-state index >= 15 is 0 Å². The Hall–Kier alpha value is -0.730. The van der Waals surface area contributed by atoms with E-state index in [2.05, 4.69) is 0 Å². The van der Waals surface area contributed by atoms with Gasteiger partial charge in [-0.05, 0) is 12.8 Å². The summed E-state index contributed by atoms with van der Waals surface area (Å²) in [5, 5.41) is 8.34. The predicted molar refractivity (Wildman–Crippen MR) is 40.2 cm³/mol. The SMILES string of the molecule is CC.O=C(O)N1CCCC1. The van der Waals surface area contributed by atoms with Crippen LogP contribution in [0.25, 0.3) is 0 Å². The van der Waals surface area contributed by atoms with Gasteiger partial charge in [-0.2, -0.15) is 0 Å². The van der Waals surface area contributed by atoms with E-state index in [1.54, 1.807) is 0 Å². The van der Waals surface area contributed by atoms with Crippen LogP contribution in [-0.2, 0) is 0 Å². The van der Waals surface area contributed by atoms with Crippen LogP contribution in [0.5, 0.6) is 0 Å². The fourth-order valence-electron chi connectivity index (χ4n) is 0.908. The molecule has 0 atom stereocenters. The van der Waals surface area contributed by atoms with Gasteiger partial charge in [0.15, 0.2) is 0 Å². The number of amides is 1. The molecule has 0 bridgehead atoms. The molecule has 1 aliphatic heterocycles. The molecule has 60 valence electrons. The van der Waals surface area contributed by atoms with Crippen molar-refractivity contribution < 1.29 is 9.90 Å². The van der Waals surface area contributed by atoms with Gasteiger partial charge in [-0.1, -0.05) is 13.8 Å². The molecule has 0 saturated carbocycles. The molecule has 0 aliphatic carbocycles. The van der Waals surface area contributed by atoms with Gasteiger partial charge in [0.1, 0.15) is 0 Å². The van der Waals surface area contributed by atoms with E-state index in [0.29, 0.717) is 0 Å². The Morgan fingerprint density at radius 3 is 1.90 bits per heavy atom. The molecule has 10 heavy (non-hydrogen) atoms. The van der Waals surface area contributed by atoms with E-state index < -0.39 is 6.09 Å². The summed E-state index contributed by atoms with van der Waals surface area (Å²) in [5.41, 5.74) is 0. The van der Waals surface area contributed by atoms with Crippen LogP contribution in [0.3, 0.4) is 0 Å². The van der Waals surface area contributed by atoms with E-state index in [-0.39, 0.29) is 0 Å². The fourth-order valence-corrected chi connectivity index (χ4v) is 0.908. The monoisotopic (exact) mass is 145 g/mol. The van der Waals surface area contributed by atoms with Gasteiger partial charge in [0, 0.05) is 13.1 Å². The summed E-state index contributed by atoms with van der Waals surface area (Å²) in [6, 6.07) is 0. The third-order valence-corrected chi connectivity index (χ3v) is 1.38. The van der Waals surface area contributed by atoms with Gasteiger partial charge in [0.2, 0.25) is 0 Å². The van der Waals surface area contributed by atoms with Gasteiger partial charge in [-0.15, -0.1) is 0 Å². The van der Waals surface area contributed by atoms with Crippen LogP contribution in [-0.4, -0.2) is 29.2 Å². The topological polar surface area (TPSA) is 40.5 Å². The van der Waals surface area contributed by atoms with Crippen LogP contribution in [0.1, 0.15) is 26.7 Å². The minimum absolute atomic E-state index is 0.731. The predicted octanol–water partition coefficient (Wildman–Crippen LogP) is 1.79. The third kappa shape index (κ3) is 2.71. The molecule has 0 aromatic heterocycles. The molecule has 0 aromatic rings. The number of nitrogens with zero attached hydrogens (tertiary/aromatic N) is 1. The number of carbonyl (C=O) groups is 1. The molecule has 1 rings (SSSR count). The highest BCUT2D eigenvalue weighted by molar-refractivity contribution is 5.65. The molecular weight excluding hydrogens is 130 g/mol. The quantitative estimate of drug-likeness (QED) is 0.564. The van der Waals surface area contributed by atoms with Crippen molar-refractivity contribution in [1.29, 1.82) is 0 Å². The van der Waals surface area contributed by atoms with Gasteiger partial charge in [0.05, 0.1) is 0 Å². The Bertz CT molecular complexity index is 97.8. The molecule has 0 radical (unpaired) electrons. The van der Waals surface area contributed by atoms with E-state index in [1.807, 2.05) is 13.8 Å². The Morgan fingerprint density at radius 2 is 1.70 bits per heavy atom. The van der Waals surface area contributed by atoms with Crippen molar-refractivity contribution in [2.45, 2.75) is 26.7 Å². The molecule has 0 unspecified atom stereocenters. The fraction of sp³-hybridized carbons (Fsp3) is 0.857. The minimum Gasteiger partial charge on any atom is -0.465 e. The first kappa shape index (κ1) is 9.27. The lowest BCUT2D eigenvalue weighted by Gasteiger charge is -2.07. The first-order chi connectivity index (χ1) is 4.80. The summed E-state index contributed by atoms with van der Waals surface area (Å²) in [7, 11) is 0. The average molecular weight is 145 g/mol. The standard InChI is InChI=1S/C5H9NO2.C2H6/c7-5(8)6-3-1-2-4-6;1-2/h1-4H2,(H,7,8);1-2H3. The van der Waals surface area contributed by atoms with E-state index in [0.717, 1.165) is 25.9 Å². The molecule has 1 fully saturated rings. The normalized spacial score (nSPS) is 16.0. The zero-order valence-electron chi connectivity index (χ0n) is 6.63. The van der Waals surface area contributed by atoms with Crippen molar-refractivity contribution in [2.75, 3.05) is 13.1 Å². The average Bonchev–Trinajstić information content (AvgIpc) is 2.42. The Balaban J connectivity index is 0.000000371. The van der Waals surface area contributed by atoms with Gasteiger partial charge in [0.25, 0.3) is 0 Å². The van der Waals surface area contributed by atoms with Gasteiger partial charge < -0.3 is 10.0 Å². The maximum absolute atomic E-state index is 10.1. The molecule has 1 heterocycles. The maximum Gasteiger partial charge on any atom is 0.407 e. The molecule has 1 aliphatic rings. The van der Waals surface area contributed by atoms with E-state index in [9.17, 15) is 4.79 Å². The highest BCUT2D eigenvalue weighted by Crippen LogP contribution is 2.05. The largest absolute Gasteiger partial charge is 0.465 e. The van der Waals surface area contributed by atoms with Crippen molar-refractivity contribution in [3.63, 3.8) is 0 Å². The van der Waals surface area contributed by atoms with Crippen LogP contribution < -0.4 is 0 Å². The van der Waals surface area contributed by atoms with Crippen LogP contribution >= 0.6 is 0 Å². The molecule has 1 N–H and O–H groups in total. The first-order valence-corrected chi connectivity index (χ1v) is 3.78. The van der Waals surface area contributed by atoms with E-state index in [1.165, 1.54) is 4.90 Å². The Labute approximate surface area is 61.6 Å². The zero-order chi connectivity index (χ0) is 7.98. The number of hydrogen-bond donors (Lipinski definition) is 1. The number of likely N-dealkylation sites (tertiary alicyclic amines) is 1.